The summed E-state index contributed by atoms with van der Waals surface area (Å²) >= 11 is 0. The second-order valence-corrected chi connectivity index (χ2v) is 5.06. The Morgan fingerprint density at radius 1 is 1.40 bits per heavy atom. The first-order valence-electron chi connectivity index (χ1n) is 6.03. The van der Waals surface area contributed by atoms with Gasteiger partial charge in [0, 0.05) is 6.54 Å². The van der Waals surface area contributed by atoms with Gasteiger partial charge in [-0.15, -0.1) is 0 Å². The maximum absolute atomic E-state index is 11.7. The molecule has 2 rings (SSSR count). The normalized spacial score (nSPS) is 36.3. The zero-order chi connectivity index (χ0) is 10.9. The summed E-state index contributed by atoms with van der Waals surface area (Å²) in [6, 6.07) is 0. The molecular weight excluding hydrogens is 190 g/mol. The number of carbonyl (C=O) groups excluding carboxylic acids is 1. The molecule has 0 bridgehead atoms. The molecule has 86 valence electrons. The van der Waals surface area contributed by atoms with Crippen molar-refractivity contribution in [2.24, 2.45) is 23.0 Å². The van der Waals surface area contributed by atoms with Gasteiger partial charge in [-0.05, 0) is 18.3 Å². The molecule has 0 spiro atoms. The van der Waals surface area contributed by atoms with Gasteiger partial charge in [-0.3, -0.25) is 4.79 Å². The predicted molar refractivity (Wildman–Crippen MR) is 58.2 cm³/mol. The number of nitrogens with two attached hydrogens (primary N) is 1. The van der Waals surface area contributed by atoms with E-state index >= 15 is 0 Å². The van der Waals surface area contributed by atoms with E-state index in [1.807, 2.05) is 0 Å². The van der Waals surface area contributed by atoms with Crippen LogP contribution in [0.1, 0.15) is 38.5 Å². The Hall–Kier alpha value is -0.570. The van der Waals surface area contributed by atoms with Crippen molar-refractivity contribution in [3.8, 4) is 0 Å². The summed E-state index contributed by atoms with van der Waals surface area (Å²) in [5, 5.41) is 0. The highest BCUT2D eigenvalue weighted by atomic mass is 16.5. The van der Waals surface area contributed by atoms with Crippen LogP contribution in [-0.4, -0.2) is 19.6 Å². The fourth-order valence-corrected chi connectivity index (χ4v) is 3.24. The van der Waals surface area contributed by atoms with E-state index < -0.39 is 0 Å². The van der Waals surface area contributed by atoms with Crippen molar-refractivity contribution in [3.63, 3.8) is 0 Å². The molecule has 2 aliphatic carbocycles. The van der Waals surface area contributed by atoms with Crippen molar-refractivity contribution in [2.45, 2.75) is 38.5 Å². The van der Waals surface area contributed by atoms with Crippen LogP contribution in [0.3, 0.4) is 0 Å². The Morgan fingerprint density at radius 2 is 2.07 bits per heavy atom. The molecule has 0 aromatic carbocycles. The Bertz CT molecular complexity index is 248. The van der Waals surface area contributed by atoms with E-state index in [0.717, 1.165) is 12.3 Å². The highest BCUT2D eigenvalue weighted by Crippen LogP contribution is 2.59. The lowest BCUT2D eigenvalue weighted by molar-refractivity contribution is -0.147. The van der Waals surface area contributed by atoms with Crippen LogP contribution in [0.2, 0.25) is 0 Å². The Morgan fingerprint density at radius 3 is 2.60 bits per heavy atom. The first-order chi connectivity index (χ1) is 7.24. The van der Waals surface area contributed by atoms with Crippen LogP contribution in [0.4, 0.5) is 0 Å². The summed E-state index contributed by atoms with van der Waals surface area (Å²) in [4.78, 5) is 11.7. The quantitative estimate of drug-likeness (QED) is 0.723. The number of methoxy groups -OCH3 is 1. The van der Waals surface area contributed by atoms with Crippen LogP contribution in [0.25, 0.3) is 0 Å². The van der Waals surface area contributed by atoms with Crippen LogP contribution in [0.15, 0.2) is 0 Å². The number of carbonyl (C=O) groups is 1. The summed E-state index contributed by atoms with van der Waals surface area (Å²) < 4.78 is 4.87. The van der Waals surface area contributed by atoms with E-state index in [1.54, 1.807) is 0 Å². The average molecular weight is 211 g/mol. The van der Waals surface area contributed by atoms with Gasteiger partial charge in [-0.2, -0.15) is 0 Å². The molecule has 0 amide bonds. The molecule has 3 heteroatoms. The fraction of sp³-hybridized carbons (Fsp3) is 0.917. The molecule has 2 N–H and O–H groups in total. The van der Waals surface area contributed by atoms with Crippen molar-refractivity contribution in [1.82, 2.24) is 0 Å². The molecule has 0 saturated heterocycles. The van der Waals surface area contributed by atoms with E-state index in [0.29, 0.717) is 12.5 Å². The molecule has 15 heavy (non-hydrogen) atoms. The topological polar surface area (TPSA) is 52.3 Å². The van der Waals surface area contributed by atoms with Gasteiger partial charge < -0.3 is 10.5 Å². The highest BCUT2D eigenvalue weighted by molar-refractivity contribution is 5.81. The molecule has 0 radical (unpaired) electrons. The van der Waals surface area contributed by atoms with Crippen LogP contribution < -0.4 is 5.73 Å². The summed E-state index contributed by atoms with van der Waals surface area (Å²) in [6.45, 7) is 0.459. The maximum atomic E-state index is 11.7. The molecule has 0 aromatic heterocycles. The second-order valence-electron chi connectivity index (χ2n) is 5.06. The third kappa shape index (κ3) is 1.78. The zero-order valence-electron chi connectivity index (χ0n) is 9.50. The zero-order valence-corrected chi connectivity index (χ0v) is 9.50. The SMILES string of the molecule is COC(=O)C1(CN)CC1C1CCCCC1. The molecular formula is C12H21NO2. The molecule has 2 saturated carbocycles. The van der Waals surface area contributed by atoms with E-state index in [1.165, 1.54) is 39.2 Å². The van der Waals surface area contributed by atoms with Crippen molar-refractivity contribution in [3.05, 3.63) is 0 Å². The molecule has 0 aliphatic heterocycles. The minimum absolute atomic E-state index is 0.0828. The molecule has 0 heterocycles. The molecule has 2 unspecified atom stereocenters. The minimum atomic E-state index is -0.309. The summed E-state index contributed by atoms with van der Waals surface area (Å²) in [5.74, 6) is 1.15. The lowest BCUT2D eigenvalue weighted by Crippen LogP contribution is -2.30. The average Bonchev–Trinajstić information content (AvgIpc) is 3.05. The third-order valence-corrected chi connectivity index (χ3v) is 4.31. The monoisotopic (exact) mass is 211 g/mol. The number of hydrogen-bond acceptors (Lipinski definition) is 3. The van der Waals surface area contributed by atoms with Crippen molar-refractivity contribution in [1.29, 1.82) is 0 Å². The first kappa shape index (κ1) is 10.9. The van der Waals surface area contributed by atoms with Crippen molar-refractivity contribution >= 4 is 5.97 Å². The van der Waals surface area contributed by atoms with Crippen molar-refractivity contribution in [2.75, 3.05) is 13.7 Å². The van der Waals surface area contributed by atoms with Gasteiger partial charge in [0.05, 0.1) is 12.5 Å². The van der Waals surface area contributed by atoms with Crippen LogP contribution in [0, 0.1) is 17.3 Å². The van der Waals surface area contributed by atoms with Crippen LogP contribution in [0.5, 0.6) is 0 Å². The molecule has 0 aromatic rings. The number of ether oxygens (including phenoxy) is 1. The van der Waals surface area contributed by atoms with E-state index in [-0.39, 0.29) is 11.4 Å². The van der Waals surface area contributed by atoms with E-state index in [4.69, 9.17) is 10.5 Å². The predicted octanol–water partition coefficient (Wildman–Crippen LogP) is 1.70. The van der Waals surface area contributed by atoms with E-state index in [2.05, 4.69) is 0 Å². The second kappa shape index (κ2) is 4.12. The van der Waals surface area contributed by atoms with Gasteiger partial charge in [-0.1, -0.05) is 32.1 Å². The Balaban J connectivity index is 1.98. The fourth-order valence-electron chi connectivity index (χ4n) is 3.24. The Kier molecular flexibility index (Phi) is 3.01. The summed E-state index contributed by atoms with van der Waals surface area (Å²) in [5.41, 5.74) is 5.43. The highest BCUT2D eigenvalue weighted by Gasteiger charge is 2.62. The molecule has 2 aliphatic rings. The van der Waals surface area contributed by atoms with Crippen LogP contribution in [-0.2, 0) is 9.53 Å². The molecule has 3 nitrogen and oxygen atoms in total. The van der Waals surface area contributed by atoms with Crippen LogP contribution >= 0.6 is 0 Å². The maximum Gasteiger partial charge on any atom is 0.313 e. The van der Waals surface area contributed by atoms with Crippen molar-refractivity contribution < 1.29 is 9.53 Å². The number of hydrogen-bond donors (Lipinski definition) is 1. The largest absolute Gasteiger partial charge is 0.469 e. The van der Waals surface area contributed by atoms with E-state index in [9.17, 15) is 4.79 Å². The first-order valence-corrected chi connectivity index (χ1v) is 6.03. The number of rotatable bonds is 3. The van der Waals surface area contributed by atoms with Gasteiger partial charge in [0.1, 0.15) is 0 Å². The number of esters is 1. The van der Waals surface area contributed by atoms with Gasteiger partial charge in [0.15, 0.2) is 0 Å². The lowest BCUT2D eigenvalue weighted by Gasteiger charge is -2.24. The van der Waals surface area contributed by atoms with Gasteiger partial charge in [-0.25, -0.2) is 0 Å². The third-order valence-electron chi connectivity index (χ3n) is 4.31. The molecule has 2 fully saturated rings. The van der Waals surface area contributed by atoms with Gasteiger partial charge >= 0.3 is 5.97 Å². The standard InChI is InChI=1S/C12H21NO2/c1-15-11(14)12(8-13)7-10(12)9-5-3-2-4-6-9/h9-10H,2-8,13H2,1H3. The minimum Gasteiger partial charge on any atom is -0.469 e. The van der Waals surface area contributed by atoms with Gasteiger partial charge in [0.2, 0.25) is 0 Å². The smallest absolute Gasteiger partial charge is 0.313 e. The summed E-state index contributed by atoms with van der Waals surface area (Å²) in [6.07, 6.45) is 7.52. The summed E-state index contributed by atoms with van der Waals surface area (Å²) in [7, 11) is 1.47. The van der Waals surface area contributed by atoms with Gasteiger partial charge in [0.25, 0.3) is 0 Å². The Labute approximate surface area is 91.4 Å². The molecule has 2 atom stereocenters. The lowest BCUT2D eigenvalue weighted by atomic mass is 9.82.